The second kappa shape index (κ2) is 11.3. The van der Waals surface area contributed by atoms with Crippen molar-refractivity contribution in [3.05, 3.63) is 50.5 Å². The summed E-state index contributed by atoms with van der Waals surface area (Å²) >= 11 is 1.46. The highest BCUT2D eigenvalue weighted by Crippen LogP contribution is 2.28. The number of anilines is 3. The molecule has 0 atom stereocenters. The molecule has 0 bridgehead atoms. The molecule has 4 aromatic rings. The largest absolute Gasteiger partial charge is 0.444 e. The molecule has 1 fully saturated rings. The number of ether oxygens (including phenoxy) is 1. The van der Waals surface area contributed by atoms with Crippen LogP contribution in [0, 0.1) is 6.92 Å². The number of nitrogens with zero attached hydrogens (tertiary/aromatic N) is 9. The number of carbonyl (C=O) groups excluding carboxylic acids is 2. The normalized spacial score (nSPS) is 15.3. The molecule has 2 aliphatic heterocycles. The van der Waals surface area contributed by atoms with Crippen molar-refractivity contribution in [2.45, 2.75) is 66.3 Å². The Hall–Kier alpha value is -4.40. The zero-order chi connectivity index (χ0) is 31.3. The van der Waals surface area contributed by atoms with Crippen LogP contribution in [0.25, 0.3) is 5.78 Å². The molecule has 4 aromatic heterocycles. The van der Waals surface area contributed by atoms with Crippen molar-refractivity contribution in [2.75, 3.05) is 41.3 Å². The Morgan fingerprint density at radius 1 is 1.11 bits per heavy atom. The average Bonchev–Trinajstić information content (AvgIpc) is 3.75. The number of thiophene rings is 1. The minimum Gasteiger partial charge on any atom is -0.444 e. The Morgan fingerprint density at radius 3 is 2.50 bits per heavy atom. The lowest BCUT2D eigenvalue weighted by Gasteiger charge is -2.37. The Labute approximate surface area is 258 Å². The van der Waals surface area contributed by atoms with Crippen molar-refractivity contribution in [3.63, 3.8) is 0 Å². The van der Waals surface area contributed by atoms with E-state index in [1.807, 2.05) is 73.8 Å². The van der Waals surface area contributed by atoms with E-state index in [-0.39, 0.29) is 24.1 Å². The first-order valence-corrected chi connectivity index (χ1v) is 15.6. The molecule has 0 aliphatic carbocycles. The van der Waals surface area contributed by atoms with E-state index < -0.39 is 5.60 Å². The van der Waals surface area contributed by atoms with E-state index in [2.05, 4.69) is 15.5 Å². The molecule has 0 unspecified atom stereocenters. The molecule has 44 heavy (non-hydrogen) atoms. The number of aryl methyl sites for hydroxylation is 2. The van der Waals surface area contributed by atoms with Crippen LogP contribution in [0.15, 0.2) is 22.4 Å². The standard InChI is InChI=1S/C29H38N10O4S/c1-7-20-24(35-8-10-36(11-9-35)28(42)43-29(3,4)5)25(41)39-27(38(20)16-22(40)31-23-12-18(2)17-44-23)32-26(33-39)37-14-19-13-30-34(6)21(19)15-37/h12-13,17H,7-11,14-16H2,1-6H3,(H,31,40). The summed E-state index contributed by atoms with van der Waals surface area (Å²) < 4.78 is 10.5. The van der Waals surface area contributed by atoms with Gasteiger partial charge in [-0.05, 0) is 51.1 Å². The van der Waals surface area contributed by atoms with E-state index in [0.717, 1.165) is 21.8 Å². The topological polar surface area (TPSA) is 135 Å². The van der Waals surface area contributed by atoms with Gasteiger partial charge in [0.05, 0.1) is 29.1 Å². The monoisotopic (exact) mass is 622 g/mol. The number of fused-ring (bicyclic) bond motifs is 2. The number of nitrogens with one attached hydrogen (secondary N) is 1. The number of rotatable bonds is 6. The average molecular weight is 623 g/mol. The Balaban J connectivity index is 1.36. The van der Waals surface area contributed by atoms with E-state index in [1.54, 1.807) is 9.47 Å². The van der Waals surface area contributed by atoms with Gasteiger partial charge in [0.1, 0.15) is 17.8 Å². The van der Waals surface area contributed by atoms with Crippen molar-refractivity contribution in [3.8, 4) is 0 Å². The molecule has 2 aliphatic rings. The van der Waals surface area contributed by atoms with Gasteiger partial charge >= 0.3 is 6.09 Å². The zero-order valence-corrected chi connectivity index (χ0v) is 26.8. The van der Waals surface area contributed by atoms with Gasteiger partial charge in [-0.1, -0.05) is 6.92 Å². The first kappa shape index (κ1) is 29.7. The molecule has 1 saturated heterocycles. The van der Waals surface area contributed by atoms with Gasteiger partial charge < -0.3 is 29.3 Å². The van der Waals surface area contributed by atoms with Crippen molar-refractivity contribution in [1.29, 1.82) is 0 Å². The molecular formula is C29H38N10O4S. The maximum absolute atomic E-state index is 14.2. The maximum atomic E-state index is 14.2. The van der Waals surface area contributed by atoms with Crippen LogP contribution in [0.5, 0.6) is 0 Å². The van der Waals surface area contributed by atoms with Crippen LogP contribution in [0.3, 0.4) is 0 Å². The summed E-state index contributed by atoms with van der Waals surface area (Å²) in [5, 5.41) is 14.7. The molecule has 0 aromatic carbocycles. The molecule has 1 N–H and O–H groups in total. The molecule has 0 saturated carbocycles. The van der Waals surface area contributed by atoms with Crippen LogP contribution in [0.2, 0.25) is 0 Å². The SMILES string of the molecule is CCc1c(N2CCN(C(=O)OC(C)(C)C)CC2)c(=O)n2nc(N3Cc4cnn(C)c4C3)nc2n1CC(=O)Nc1cc(C)cs1. The van der Waals surface area contributed by atoms with Crippen molar-refractivity contribution in [1.82, 2.24) is 33.8 Å². The van der Waals surface area contributed by atoms with Gasteiger partial charge in [-0.15, -0.1) is 16.4 Å². The second-order valence-corrected chi connectivity index (χ2v) is 13.2. The fourth-order valence-electron chi connectivity index (χ4n) is 5.74. The third-order valence-corrected chi connectivity index (χ3v) is 8.79. The zero-order valence-electron chi connectivity index (χ0n) is 26.0. The lowest BCUT2D eigenvalue weighted by molar-refractivity contribution is -0.116. The van der Waals surface area contributed by atoms with Crippen LogP contribution in [-0.2, 0) is 42.6 Å². The first-order valence-electron chi connectivity index (χ1n) is 14.8. The molecule has 234 valence electrons. The van der Waals surface area contributed by atoms with E-state index >= 15 is 0 Å². The molecule has 15 heteroatoms. The molecule has 2 amide bonds. The quantitative estimate of drug-likeness (QED) is 0.344. The van der Waals surface area contributed by atoms with Gasteiger partial charge in [-0.25, -0.2) is 4.79 Å². The summed E-state index contributed by atoms with van der Waals surface area (Å²) in [6, 6.07) is 1.93. The van der Waals surface area contributed by atoms with Crippen LogP contribution in [0.4, 0.5) is 21.4 Å². The van der Waals surface area contributed by atoms with Crippen molar-refractivity contribution < 1.29 is 14.3 Å². The summed E-state index contributed by atoms with van der Waals surface area (Å²) in [4.78, 5) is 50.7. The number of amides is 2. The lowest BCUT2D eigenvalue weighted by atomic mass is 10.2. The predicted octanol–water partition coefficient (Wildman–Crippen LogP) is 2.77. The van der Waals surface area contributed by atoms with Crippen LogP contribution in [-0.4, -0.2) is 77.6 Å². The highest BCUT2D eigenvalue weighted by Gasteiger charge is 2.32. The fourth-order valence-corrected chi connectivity index (χ4v) is 6.54. The molecule has 0 radical (unpaired) electrons. The molecule has 6 rings (SSSR count). The smallest absolute Gasteiger partial charge is 0.410 e. The Bertz CT molecular complexity index is 1790. The second-order valence-electron chi connectivity index (χ2n) is 12.3. The number of piperazine rings is 1. The van der Waals surface area contributed by atoms with E-state index in [4.69, 9.17) is 9.72 Å². The van der Waals surface area contributed by atoms with Crippen LogP contribution in [0.1, 0.15) is 50.2 Å². The van der Waals surface area contributed by atoms with E-state index in [0.29, 0.717) is 68.8 Å². The third kappa shape index (κ3) is 5.63. The predicted molar refractivity (Wildman–Crippen MR) is 167 cm³/mol. The number of hydrogen-bond acceptors (Lipinski definition) is 10. The van der Waals surface area contributed by atoms with Gasteiger partial charge in [-0.3, -0.25) is 14.3 Å². The van der Waals surface area contributed by atoms with Crippen LogP contribution >= 0.6 is 11.3 Å². The van der Waals surface area contributed by atoms with E-state index in [1.165, 1.54) is 15.9 Å². The third-order valence-electron chi connectivity index (χ3n) is 7.82. The summed E-state index contributed by atoms with van der Waals surface area (Å²) in [6.45, 7) is 12.2. The van der Waals surface area contributed by atoms with Gasteiger partial charge in [0.2, 0.25) is 17.6 Å². The summed E-state index contributed by atoms with van der Waals surface area (Å²) in [6.07, 6.45) is 1.95. The first-order chi connectivity index (χ1) is 20.9. The summed E-state index contributed by atoms with van der Waals surface area (Å²) in [7, 11) is 1.90. The fraction of sp³-hybridized carbons (Fsp3) is 0.517. The highest BCUT2D eigenvalue weighted by molar-refractivity contribution is 7.14. The highest BCUT2D eigenvalue weighted by atomic mass is 32.1. The molecule has 6 heterocycles. The van der Waals surface area contributed by atoms with Crippen LogP contribution < -0.4 is 20.7 Å². The lowest BCUT2D eigenvalue weighted by Crippen LogP contribution is -2.51. The minimum absolute atomic E-state index is 0.0446. The molecule has 14 nitrogen and oxygen atoms in total. The van der Waals surface area contributed by atoms with Crippen molar-refractivity contribution >= 4 is 45.8 Å². The van der Waals surface area contributed by atoms with Gasteiger partial charge in [0, 0.05) is 45.3 Å². The summed E-state index contributed by atoms with van der Waals surface area (Å²) in [5.41, 5.74) is 3.50. The van der Waals surface area contributed by atoms with E-state index in [9.17, 15) is 14.4 Å². The number of aromatic nitrogens is 6. The van der Waals surface area contributed by atoms with Gasteiger partial charge in [-0.2, -0.15) is 14.6 Å². The molecule has 0 spiro atoms. The Kier molecular flexibility index (Phi) is 7.59. The van der Waals surface area contributed by atoms with Gasteiger partial charge in [0.25, 0.3) is 5.56 Å². The van der Waals surface area contributed by atoms with Crippen molar-refractivity contribution in [2.24, 2.45) is 7.05 Å². The van der Waals surface area contributed by atoms with Gasteiger partial charge in [0.15, 0.2) is 0 Å². The number of hydrogen-bond donors (Lipinski definition) is 1. The number of carbonyl (C=O) groups is 2. The maximum Gasteiger partial charge on any atom is 0.410 e. The molecular weight excluding hydrogens is 584 g/mol. The Morgan fingerprint density at radius 2 is 1.86 bits per heavy atom. The minimum atomic E-state index is -0.594. The summed E-state index contributed by atoms with van der Waals surface area (Å²) in [5.74, 6) is 0.497.